The van der Waals surface area contributed by atoms with Crippen LogP contribution in [0.4, 0.5) is 0 Å². The van der Waals surface area contributed by atoms with E-state index in [2.05, 4.69) is 5.32 Å². The van der Waals surface area contributed by atoms with Gasteiger partial charge in [-0.3, -0.25) is 4.79 Å². The van der Waals surface area contributed by atoms with Crippen LogP contribution in [0.15, 0.2) is 24.3 Å². The molecule has 1 rings (SSSR count). The second kappa shape index (κ2) is 6.40. The fourth-order valence-electron chi connectivity index (χ4n) is 1.87. The summed E-state index contributed by atoms with van der Waals surface area (Å²) in [5.74, 6) is -0.405. The Morgan fingerprint density at radius 2 is 1.89 bits per heavy atom. The largest absolute Gasteiger partial charge is 0.496 e. The Kier molecular flexibility index (Phi) is 5.16. The normalized spacial score (nSPS) is 15.8. The Balaban J connectivity index is 2.76. The molecule has 18 heavy (non-hydrogen) atoms. The van der Waals surface area contributed by atoms with E-state index in [-0.39, 0.29) is 12.1 Å². The van der Waals surface area contributed by atoms with E-state index < -0.39 is 11.9 Å². The number of para-hydroxylation sites is 1. The summed E-state index contributed by atoms with van der Waals surface area (Å²) < 4.78 is 5.30. The third-order valence-electron chi connectivity index (χ3n) is 3.26. The van der Waals surface area contributed by atoms with Crippen LogP contribution in [-0.4, -0.2) is 24.2 Å². The van der Waals surface area contributed by atoms with E-state index in [0.717, 1.165) is 11.3 Å². The number of benzene rings is 1. The van der Waals surface area contributed by atoms with E-state index in [4.69, 9.17) is 9.84 Å². The van der Waals surface area contributed by atoms with Crippen LogP contribution in [0.5, 0.6) is 5.75 Å². The molecule has 0 heterocycles. The highest BCUT2D eigenvalue weighted by atomic mass is 16.5. The van der Waals surface area contributed by atoms with E-state index in [1.54, 1.807) is 14.0 Å². The topological polar surface area (TPSA) is 58.6 Å². The number of carboxylic acids is 1. The summed E-state index contributed by atoms with van der Waals surface area (Å²) >= 11 is 0. The van der Waals surface area contributed by atoms with Crippen molar-refractivity contribution in [3.63, 3.8) is 0 Å². The zero-order valence-electron chi connectivity index (χ0n) is 11.3. The van der Waals surface area contributed by atoms with Crippen LogP contribution in [0, 0.1) is 5.92 Å². The number of carboxylic acid groups (broad SMARTS) is 1. The third-order valence-corrected chi connectivity index (χ3v) is 3.26. The maximum Gasteiger partial charge on any atom is 0.307 e. The van der Waals surface area contributed by atoms with Crippen molar-refractivity contribution >= 4 is 5.97 Å². The minimum atomic E-state index is -0.790. The first-order chi connectivity index (χ1) is 8.47. The lowest BCUT2D eigenvalue weighted by molar-refractivity contribution is -0.142. The average Bonchev–Trinajstić information content (AvgIpc) is 2.37. The predicted molar refractivity (Wildman–Crippen MR) is 70.8 cm³/mol. The summed E-state index contributed by atoms with van der Waals surface area (Å²) in [7, 11) is 1.63. The van der Waals surface area contributed by atoms with Gasteiger partial charge in [0.25, 0.3) is 0 Å². The van der Waals surface area contributed by atoms with E-state index in [1.807, 2.05) is 38.1 Å². The van der Waals surface area contributed by atoms with E-state index >= 15 is 0 Å². The van der Waals surface area contributed by atoms with E-state index in [1.165, 1.54) is 0 Å². The van der Waals surface area contributed by atoms with Gasteiger partial charge in [-0.25, -0.2) is 0 Å². The van der Waals surface area contributed by atoms with Crippen molar-refractivity contribution in [2.24, 2.45) is 5.92 Å². The number of hydrogen-bond acceptors (Lipinski definition) is 3. The fraction of sp³-hybridized carbons (Fsp3) is 0.500. The lowest BCUT2D eigenvalue weighted by atomic mass is 10.0. The molecule has 100 valence electrons. The van der Waals surface area contributed by atoms with Gasteiger partial charge in [0.2, 0.25) is 0 Å². The number of rotatable bonds is 6. The minimum Gasteiger partial charge on any atom is -0.496 e. The van der Waals surface area contributed by atoms with Gasteiger partial charge in [-0.2, -0.15) is 0 Å². The summed E-state index contributed by atoms with van der Waals surface area (Å²) in [6.45, 7) is 5.59. The molecule has 0 saturated carbocycles. The third kappa shape index (κ3) is 3.47. The van der Waals surface area contributed by atoms with Crippen molar-refractivity contribution in [3.05, 3.63) is 29.8 Å². The van der Waals surface area contributed by atoms with Crippen LogP contribution in [0.25, 0.3) is 0 Å². The molecule has 1 aromatic carbocycles. The van der Waals surface area contributed by atoms with Crippen LogP contribution < -0.4 is 10.1 Å². The van der Waals surface area contributed by atoms with Gasteiger partial charge in [0.1, 0.15) is 5.75 Å². The SMILES string of the molecule is COc1ccccc1[C@H](C)NC(C)C(C)C(=O)O. The Morgan fingerprint density at radius 1 is 1.28 bits per heavy atom. The second-order valence-corrected chi connectivity index (χ2v) is 4.55. The zero-order chi connectivity index (χ0) is 13.7. The molecule has 0 amide bonds. The summed E-state index contributed by atoms with van der Waals surface area (Å²) in [4.78, 5) is 10.9. The number of ether oxygens (including phenoxy) is 1. The predicted octanol–water partition coefficient (Wildman–Crippen LogP) is 2.46. The van der Waals surface area contributed by atoms with Gasteiger partial charge in [0.15, 0.2) is 0 Å². The van der Waals surface area contributed by atoms with Crippen LogP contribution in [0.3, 0.4) is 0 Å². The molecular formula is C14H21NO3. The number of carbonyl (C=O) groups is 1. The molecule has 0 aromatic heterocycles. The first-order valence-electron chi connectivity index (χ1n) is 6.09. The average molecular weight is 251 g/mol. The summed E-state index contributed by atoms with van der Waals surface area (Å²) in [6.07, 6.45) is 0. The summed E-state index contributed by atoms with van der Waals surface area (Å²) in [5.41, 5.74) is 1.03. The molecule has 0 bridgehead atoms. The first kappa shape index (κ1) is 14.5. The van der Waals surface area contributed by atoms with Crippen LogP contribution in [0.1, 0.15) is 32.4 Å². The Bertz CT molecular complexity index is 406. The molecule has 0 fully saturated rings. The molecule has 0 spiro atoms. The van der Waals surface area contributed by atoms with Crippen molar-refractivity contribution < 1.29 is 14.6 Å². The van der Waals surface area contributed by atoms with Crippen molar-refractivity contribution in [2.75, 3.05) is 7.11 Å². The zero-order valence-corrected chi connectivity index (χ0v) is 11.3. The van der Waals surface area contributed by atoms with Crippen LogP contribution >= 0.6 is 0 Å². The molecule has 0 aliphatic rings. The molecule has 4 heteroatoms. The number of hydrogen-bond donors (Lipinski definition) is 2. The standard InChI is InChI=1S/C14H21NO3/c1-9(14(16)17)10(2)15-11(3)12-7-5-6-8-13(12)18-4/h5-11,15H,1-4H3,(H,16,17)/t9?,10?,11-/m0/s1. The second-order valence-electron chi connectivity index (χ2n) is 4.55. The first-order valence-corrected chi connectivity index (χ1v) is 6.09. The van der Waals surface area contributed by atoms with Crippen LogP contribution in [0.2, 0.25) is 0 Å². The van der Waals surface area contributed by atoms with Gasteiger partial charge in [-0.1, -0.05) is 25.1 Å². The van der Waals surface area contributed by atoms with Gasteiger partial charge >= 0.3 is 5.97 Å². The van der Waals surface area contributed by atoms with Gasteiger partial charge in [-0.15, -0.1) is 0 Å². The molecular weight excluding hydrogens is 230 g/mol. The molecule has 4 nitrogen and oxygen atoms in total. The van der Waals surface area contributed by atoms with E-state index in [9.17, 15) is 4.79 Å². The van der Waals surface area contributed by atoms with Gasteiger partial charge in [-0.05, 0) is 19.9 Å². The van der Waals surface area contributed by atoms with Crippen molar-refractivity contribution in [2.45, 2.75) is 32.9 Å². The Labute approximate surface area is 108 Å². The molecule has 0 aliphatic carbocycles. The quantitative estimate of drug-likeness (QED) is 0.815. The highest BCUT2D eigenvalue weighted by Crippen LogP contribution is 2.25. The van der Waals surface area contributed by atoms with E-state index in [0.29, 0.717) is 0 Å². The van der Waals surface area contributed by atoms with Crippen molar-refractivity contribution in [1.29, 1.82) is 0 Å². The smallest absolute Gasteiger partial charge is 0.307 e. The van der Waals surface area contributed by atoms with Crippen molar-refractivity contribution in [1.82, 2.24) is 5.32 Å². The lowest BCUT2D eigenvalue weighted by Crippen LogP contribution is -2.37. The monoisotopic (exact) mass is 251 g/mol. The summed E-state index contributed by atoms with van der Waals surface area (Å²) in [5, 5.41) is 12.3. The molecule has 0 radical (unpaired) electrons. The number of nitrogens with one attached hydrogen (secondary N) is 1. The van der Waals surface area contributed by atoms with Crippen molar-refractivity contribution in [3.8, 4) is 5.75 Å². The molecule has 2 unspecified atom stereocenters. The number of aliphatic carboxylic acids is 1. The highest BCUT2D eigenvalue weighted by Gasteiger charge is 2.22. The summed E-state index contributed by atoms with van der Waals surface area (Å²) in [6, 6.07) is 7.67. The molecule has 1 aromatic rings. The molecule has 0 aliphatic heterocycles. The Morgan fingerprint density at radius 3 is 2.44 bits per heavy atom. The van der Waals surface area contributed by atoms with Crippen LogP contribution in [-0.2, 0) is 4.79 Å². The number of methoxy groups -OCH3 is 1. The molecule has 2 N–H and O–H groups in total. The van der Waals surface area contributed by atoms with Gasteiger partial charge in [0.05, 0.1) is 13.0 Å². The molecule has 3 atom stereocenters. The maximum atomic E-state index is 10.9. The Hall–Kier alpha value is -1.55. The highest BCUT2D eigenvalue weighted by molar-refractivity contribution is 5.70. The maximum absolute atomic E-state index is 10.9. The minimum absolute atomic E-state index is 0.0398. The fourth-order valence-corrected chi connectivity index (χ4v) is 1.87. The van der Waals surface area contributed by atoms with Gasteiger partial charge in [0, 0.05) is 17.6 Å². The molecule has 0 saturated heterocycles. The lowest BCUT2D eigenvalue weighted by Gasteiger charge is -2.24. The van der Waals surface area contributed by atoms with Gasteiger partial charge < -0.3 is 15.2 Å².